The van der Waals surface area contributed by atoms with Crippen LogP contribution in [0.25, 0.3) is 0 Å². The monoisotopic (exact) mass is 456 g/mol. The van der Waals surface area contributed by atoms with Gasteiger partial charge in [0.25, 0.3) is 0 Å². The standard InChI is InChI=1S/C23H21FN2O5S/c24-19-9-6-17(7-10-19)14-26(32(28,29)20-4-2-1-3-5-20)15-23(27)25-13-18-8-11-21-22(12-18)31-16-30-21/h1-12H,13-16H2,(H,25,27). The number of benzene rings is 3. The van der Waals surface area contributed by atoms with E-state index in [2.05, 4.69) is 5.32 Å². The van der Waals surface area contributed by atoms with Gasteiger partial charge in [0, 0.05) is 13.1 Å². The highest BCUT2D eigenvalue weighted by Crippen LogP contribution is 2.32. The number of halogens is 1. The maximum Gasteiger partial charge on any atom is 0.243 e. The molecule has 0 bridgehead atoms. The molecule has 1 N–H and O–H groups in total. The molecular weight excluding hydrogens is 435 g/mol. The number of sulfonamides is 1. The van der Waals surface area contributed by atoms with Gasteiger partial charge in [0.05, 0.1) is 11.4 Å². The number of amides is 1. The highest BCUT2D eigenvalue weighted by atomic mass is 32.2. The molecule has 0 radical (unpaired) electrons. The molecule has 0 spiro atoms. The fourth-order valence-electron chi connectivity index (χ4n) is 3.23. The van der Waals surface area contributed by atoms with E-state index in [1.165, 1.54) is 36.4 Å². The normalized spacial score (nSPS) is 12.7. The van der Waals surface area contributed by atoms with Crippen molar-refractivity contribution in [1.29, 1.82) is 0 Å². The molecule has 3 aromatic rings. The zero-order chi connectivity index (χ0) is 22.6. The summed E-state index contributed by atoms with van der Waals surface area (Å²) in [5, 5.41) is 2.74. The Kier molecular flexibility index (Phi) is 6.38. The number of carbonyl (C=O) groups is 1. The molecule has 1 amide bonds. The van der Waals surface area contributed by atoms with Crippen LogP contribution < -0.4 is 14.8 Å². The Balaban J connectivity index is 1.49. The van der Waals surface area contributed by atoms with Crippen molar-refractivity contribution in [3.63, 3.8) is 0 Å². The topological polar surface area (TPSA) is 84.9 Å². The van der Waals surface area contributed by atoms with Gasteiger partial charge in [-0.2, -0.15) is 4.31 Å². The first-order valence-electron chi connectivity index (χ1n) is 9.87. The van der Waals surface area contributed by atoms with Crippen molar-refractivity contribution in [1.82, 2.24) is 9.62 Å². The molecule has 0 saturated carbocycles. The van der Waals surface area contributed by atoms with Crippen LogP contribution in [0.4, 0.5) is 4.39 Å². The van der Waals surface area contributed by atoms with Gasteiger partial charge in [-0.05, 0) is 47.5 Å². The zero-order valence-corrected chi connectivity index (χ0v) is 17.8. The zero-order valence-electron chi connectivity index (χ0n) is 17.0. The Morgan fingerprint density at radius 1 is 0.938 bits per heavy atom. The molecule has 1 heterocycles. The van der Waals surface area contributed by atoms with Crippen LogP contribution in [0.1, 0.15) is 11.1 Å². The van der Waals surface area contributed by atoms with Gasteiger partial charge in [-0.1, -0.05) is 36.4 Å². The second-order valence-electron chi connectivity index (χ2n) is 7.18. The van der Waals surface area contributed by atoms with Crippen molar-refractivity contribution in [2.45, 2.75) is 18.0 Å². The molecule has 4 rings (SSSR count). The third kappa shape index (κ3) is 5.06. The number of nitrogens with zero attached hydrogens (tertiary/aromatic N) is 1. The van der Waals surface area contributed by atoms with Gasteiger partial charge in [-0.25, -0.2) is 12.8 Å². The molecule has 0 aliphatic carbocycles. The van der Waals surface area contributed by atoms with Crippen LogP contribution in [-0.2, 0) is 27.9 Å². The minimum atomic E-state index is -3.95. The fraction of sp³-hybridized carbons (Fsp3) is 0.174. The first-order chi connectivity index (χ1) is 15.4. The quantitative estimate of drug-likeness (QED) is 0.563. The van der Waals surface area contributed by atoms with Gasteiger partial charge >= 0.3 is 0 Å². The van der Waals surface area contributed by atoms with E-state index in [4.69, 9.17) is 9.47 Å². The predicted molar refractivity (Wildman–Crippen MR) is 115 cm³/mol. The van der Waals surface area contributed by atoms with Crippen molar-refractivity contribution in [3.8, 4) is 11.5 Å². The number of hydrogen-bond donors (Lipinski definition) is 1. The number of nitrogens with one attached hydrogen (secondary N) is 1. The summed E-state index contributed by atoms with van der Waals surface area (Å²) in [7, 11) is -3.95. The molecule has 0 fully saturated rings. The Morgan fingerprint density at radius 2 is 1.62 bits per heavy atom. The lowest BCUT2D eigenvalue weighted by atomic mass is 10.2. The second kappa shape index (κ2) is 9.37. The molecule has 0 atom stereocenters. The maximum absolute atomic E-state index is 13.3. The van der Waals surface area contributed by atoms with Gasteiger partial charge in [0.1, 0.15) is 5.82 Å². The van der Waals surface area contributed by atoms with Gasteiger partial charge < -0.3 is 14.8 Å². The van der Waals surface area contributed by atoms with Crippen LogP contribution in [0.2, 0.25) is 0 Å². The molecule has 0 aromatic heterocycles. The summed E-state index contributed by atoms with van der Waals surface area (Å²) >= 11 is 0. The summed E-state index contributed by atoms with van der Waals surface area (Å²) in [5.74, 6) is 0.345. The van der Waals surface area contributed by atoms with Crippen molar-refractivity contribution < 1.29 is 27.1 Å². The van der Waals surface area contributed by atoms with E-state index in [0.29, 0.717) is 17.1 Å². The van der Waals surface area contributed by atoms with Crippen molar-refractivity contribution >= 4 is 15.9 Å². The summed E-state index contributed by atoms with van der Waals surface area (Å²) in [5.41, 5.74) is 1.35. The maximum atomic E-state index is 13.3. The van der Waals surface area contributed by atoms with E-state index in [9.17, 15) is 17.6 Å². The Hall–Kier alpha value is -3.43. The SMILES string of the molecule is O=C(CN(Cc1ccc(F)cc1)S(=O)(=O)c1ccccc1)NCc1ccc2c(c1)OCO2. The van der Waals surface area contributed by atoms with Crippen LogP contribution in [0.15, 0.2) is 77.7 Å². The van der Waals surface area contributed by atoms with E-state index < -0.39 is 21.7 Å². The smallest absolute Gasteiger partial charge is 0.243 e. The Labute approximate surface area is 185 Å². The van der Waals surface area contributed by atoms with Gasteiger partial charge in [0.15, 0.2) is 11.5 Å². The van der Waals surface area contributed by atoms with Crippen molar-refractivity contribution in [2.24, 2.45) is 0 Å². The third-order valence-corrected chi connectivity index (χ3v) is 6.71. The summed E-state index contributed by atoms with van der Waals surface area (Å²) in [6.45, 7) is -0.111. The molecule has 0 unspecified atom stereocenters. The second-order valence-corrected chi connectivity index (χ2v) is 9.11. The lowest BCUT2D eigenvalue weighted by Crippen LogP contribution is -2.40. The van der Waals surface area contributed by atoms with Gasteiger partial charge in [0.2, 0.25) is 22.7 Å². The number of fused-ring (bicyclic) bond motifs is 1. The van der Waals surface area contributed by atoms with Gasteiger partial charge in [-0.3, -0.25) is 4.79 Å². The minimum absolute atomic E-state index is 0.0745. The van der Waals surface area contributed by atoms with Crippen LogP contribution in [0.5, 0.6) is 11.5 Å². The molecule has 1 aliphatic heterocycles. The highest BCUT2D eigenvalue weighted by Gasteiger charge is 2.27. The van der Waals surface area contributed by atoms with Crippen molar-refractivity contribution in [2.75, 3.05) is 13.3 Å². The molecule has 1 aliphatic rings. The predicted octanol–water partition coefficient (Wildman–Crippen LogP) is 3.06. The van der Waals surface area contributed by atoms with Crippen molar-refractivity contribution in [3.05, 3.63) is 89.7 Å². The van der Waals surface area contributed by atoms with E-state index in [0.717, 1.165) is 9.87 Å². The lowest BCUT2D eigenvalue weighted by Gasteiger charge is -2.22. The third-order valence-electron chi connectivity index (χ3n) is 4.90. The van der Waals surface area contributed by atoms with E-state index in [1.807, 2.05) is 0 Å². The molecule has 9 heteroatoms. The molecule has 166 valence electrons. The Bertz CT molecular complexity index is 1200. The minimum Gasteiger partial charge on any atom is -0.454 e. The fourth-order valence-corrected chi connectivity index (χ4v) is 4.63. The largest absolute Gasteiger partial charge is 0.454 e. The van der Waals surface area contributed by atoms with Crippen LogP contribution in [0.3, 0.4) is 0 Å². The highest BCUT2D eigenvalue weighted by molar-refractivity contribution is 7.89. The number of rotatable bonds is 8. The Morgan fingerprint density at radius 3 is 2.38 bits per heavy atom. The average molecular weight is 456 g/mol. The van der Waals surface area contributed by atoms with Crippen LogP contribution >= 0.6 is 0 Å². The molecule has 32 heavy (non-hydrogen) atoms. The number of carbonyl (C=O) groups excluding carboxylic acids is 1. The first kappa shape index (κ1) is 21.8. The molecule has 7 nitrogen and oxygen atoms in total. The number of hydrogen-bond acceptors (Lipinski definition) is 5. The first-order valence-corrected chi connectivity index (χ1v) is 11.3. The van der Waals surface area contributed by atoms with E-state index in [-0.39, 0.29) is 31.3 Å². The molecular formula is C23H21FN2O5S. The van der Waals surface area contributed by atoms with Crippen LogP contribution in [0, 0.1) is 5.82 Å². The van der Waals surface area contributed by atoms with E-state index in [1.54, 1.807) is 36.4 Å². The van der Waals surface area contributed by atoms with E-state index >= 15 is 0 Å². The number of ether oxygens (including phenoxy) is 2. The summed E-state index contributed by atoms with van der Waals surface area (Å²) in [6, 6.07) is 18.7. The molecule has 3 aromatic carbocycles. The average Bonchev–Trinajstić information content (AvgIpc) is 3.27. The lowest BCUT2D eigenvalue weighted by molar-refractivity contribution is -0.121. The summed E-state index contributed by atoms with van der Waals surface area (Å²) < 4.78 is 51.3. The molecule has 0 saturated heterocycles. The summed E-state index contributed by atoms with van der Waals surface area (Å²) in [6.07, 6.45) is 0. The van der Waals surface area contributed by atoms with Gasteiger partial charge in [-0.15, -0.1) is 0 Å². The summed E-state index contributed by atoms with van der Waals surface area (Å²) in [4.78, 5) is 12.7. The van der Waals surface area contributed by atoms with Crippen LogP contribution in [-0.4, -0.2) is 32.0 Å².